The van der Waals surface area contributed by atoms with E-state index in [-0.39, 0.29) is 36.2 Å². The van der Waals surface area contributed by atoms with Crippen molar-refractivity contribution >= 4 is 11.9 Å². The van der Waals surface area contributed by atoms with Gasteiger partial charge in [0.2, 0.25) is 0 Å². The lowest BCUT2D eigenvalue weighted by atomic mass is 9.66. The Balaban J connectivity index is 1.46. The van der Waals surface area contributed by atoms with Crippen LogP contribution in [-0.2, 0) is 25.5 Å². The largest absolute Gasteiger partial charge is 0.479 e. The Hall–Kier alpha value is -2.64. The number of rotatable bonds is 9. The Bertz CT molecular complexity index is 998. The molecule has 1 fully saturated rings. The molecule has 3 aliphatic rings. The molecule has 1 aliphatic heterocycles. The van der Waals surface area contributed by atoms with Gasteiger partial charge >= 0.3 is 11.9 Å². The van der Waals surface area contributed by atoms with Gasteiger partial charge in [-0.05, 0) is 60.8 Å². The maximum absolute atomic E-state index is 13.3. The van der Waals surface area contributed by atoms with Crippen molar-refractivity contribution in [3.05, 3.63) is 53.6 Å². The van der Waals surface area contributed by atoms with E-state index >= 15 is 0 Å². The number of hydrogen-bond acceptors (Lipinski definition) is 7. The molecule has 202 valence electrons. The van der Waals surface area contributed by atoms with Gasteiger partial charge in [0.25, 0.3) is 0 Å². The standard InChI is InChI=1S/C30H40O7/c1-4-19-7-10-23(11-8-19)35-26(5-2)30(34)37-27-16-21(31)14-20-9-6-18(3)25(29(20)27)13-12-24-15-22(32)17-28(33)36-24/h6-11,14,18,21-22,24-27,29,31-32H,4-5,12-13,15-17H2,1-3H3/t18?,21?,22-,24-,25?,26+,27?,29?/m1/s1. The minimum Gasteiger partial charge on any atom is -0.479 e. The van der Waals surface area contributed by atoms with E-state index in [0.717, 1.165) is 18.4 Å². The summed E-state index contributed by atoms with van der Waals surface area (Å²) in [6.45, 7) is 6.12. The van der Waals surface area contributed by atoms with Gasteiger partial charge in [-0.1, -0.05) is 51.1 Å². The molecule has 7 nitrogen and oxygen atoms in total. The average molecular weight is 513 g/mol. The summed E-state index contributed by atoms with van der Waals surface area (Å²) in [6.07, 6.45) is 6.73. The molecule has 1 saturated heterocycles. The molecule has 1 aromatic carbocycles. The van der Waals surface area contributed by atoms with Crippen LogP contribution in [-0.4, -0.2) is 52.7 Å². The highest BCUT2D eigenvalue weighted by Gasteiger charge is 2.43. The molecule has 5 unspecified atom stereocenters. The fourth-order valence-electron chi connectivity index (χ4n) is 5.89. The van der Waals surface area contributed by atoms with E-state index in [1.165, 1.54) is 5.56 Å². The smallest absolute Gasteiger partial charge is 0.347 e. The van der Waals surface area contributed by atoms with Crippen LogP contribution in [0.25, 0.3) is 0 Å². The van der Waals surface area contributed by atoms with Gasteiger partial charge in [-0.2, -0.15) is 0 Å². The summed E-state index contributed by atoms with van der Waals surface area (Å²) in [6, 6.07) is 7.73. The van der Waals surface area contributed by atoms with Crippen molar-refractivity contribution < 1.29 is 34.0 Å². The van der Waals surface area contributed by atoms with E-state index in [1.54, 1.807) is 0 Å². The second-order valence-electron chi connectivity index (χ2n) is 10.6. The first-order chi connectivity index (χ1) is 17.8. The molecule has 0 aromatic heterocycles. The molecule has 7 heteroatoms. The molecule has 37 heavy (non-hydrogen) atoms. The van der Waals surface area contributed by atoms with Crippen LogP contribution in [0.2, 0.25) is 0 Å². The monoisotopic (exact) mass is 512 g/mol. The number of esters is 2. The van der Waals surface area contributed by atoms with Crippen LogP contribution in [0.4, 0.5) is 0 Å². The number of fused-ring (bicyclic) bond motifs is 1. The first-order valence-electron chi connectivity index (χ1n) is 13.7. The second kappa shape index (κ2) is 12.3. The van der Waals surface area contributed by atoms with Crippen LogP contribution in [0.3, 0.4) is 0 Å². The van der Waals surface area contributed by atoms with Crippen LogP contribution < -0.4 is 4.74 Å². The number of aryl methyl sites for hydroxylation is 1. The molecule has 0 radical (unpaired) electrons. The normalized spacial score (nSPS) is 32.1. The van der Waals surface area contributed by atoms with Gasteiger partial charge in [-0.3, -0.25) is 4.79 Å². The Labute approximate surface area is 219 Å². The number of aliphatic hydroxyl groups excluding tert-OH is 2. The third kappa shape index (κ3) is 6.82. The Morgan fingerprint density at radius 3 is 2.57 bits per heavy atom. The lowest BCUT2D eigenvalue weighted by Gasteiger charge is -2.43. The fraction of sp³-hybridized carbons (Fsp3) is 0.600. The van der Waals surface area contributed by atoms with E-state index in [0.29, 0.717) is 31.4 Å². The van der Waals surface area contributed by atoms with Gasteiger partial charge < -0.3 is 24.4 Å². The zero-order chi connectivity index (χ0) is 26.5. The number of ether oxygens (including phenoxy) is 3. The van der Waals surface area contributed by atoms with E-state index < -0.39 is 30.4 Å². The molecule has 2 N–H and O–H groups in total. The molecular weight excluding hydrogens is 472 g/mol. The number of allylic oxidation sites excluding steroid dienone is 2. The second-order valence-corrected chi connectivity index (χ2v) is 10.6. The quantitative estimate of drug-likeness (QED) is 0.476. The first-order valence-corrected chi connectivity index (χ1v) is 13.7. The topological polar surface area (TPSA) is 102 Å². The number of carbonyl (C=O) groups excluding carboxylic acids is 2. The van der Waals surface area contributed by atoms with Crippen LogP contribution in [0.15, 0.2) is 48.1 Å². The molecule has 1 heterocycles. The summed E-state index contributed by atoms with van der Waals surface area (Å²) in [7, 11) is 0. The van der Waals surface area contributed by atoms with E-state index in [1.807, 2.05) is 43.3 Å². The molecule has 0 bridgehead atoms. The van der Waals surface area contributed by atoms with Crippen molar-refractivity contribution in [2.75, 3.05) is 0 Å². The van der Waals surface area contributed by atoms with Crippen LogP contribution >= 0.6 is 0 Å². The Morgan fingerprint density at radius 2 is 1.89 bits per heavy atom. The van der Waals surface area contributed by atoms with Crippen molar-refractivity contribution in [1.29, 1.82) is 0 Å². The zero-order valence-electron chi connectivity index (χ0n) is 22.0. The van der Waals surface area contributed by atoms with Crippen molar-refractivity contribution in [2.24, 2.45) is 17.8 Å². The minimum absolute atomic E-state index is 0.0495. The van der Waals surface area contributed by atoms with Crippen LogP contribution in [0.5, 0.6) is 5.75 Å². The van der Waals surface area contributed by atoms with Crippen molar-refractivity contribution in [3.63, 3.8) is 0 Å². The van der Waals surface area contributed by atoms with Gasteiger partial charge in [0.05, 0.1) is 18.6 Å². The molecular formula is C30H40O7. The van der Waals surface area contributed by atoms with Crippen molar-refractivity contribution in [2.45, 2.75) is 96.2 Å². The number of cyclic esters (lactones) is 1. The average Bonchev–Trinajstić information content (AvgIpc) is 2.86. The number of benzene rings is 1. The predicted molar refractivity (Wildman–Crippen MR) is 139 cm³/mol. The van der Waals surface area contributed by atoms with E-state index in [2.05, 4.69) is 19.9 Å². The minimum atomic E-state index is -0.739. The lowest BCUT2D eigenvalue weighted by molar-refractivity contribution is -0.165. The predicted octanol–water partition coefficient (Wildman–Crippen LogP) is 4.29. The molecule has 0 saturated carbocycles. The van der Waals surface area contributed by atoms with E-state index in [4.69, 9.17) is 14.2 Å². The third-order valence-corrected chi connectivity index (χ3v) is 7.94. The van der Waals surface area contributed by atoms with E-state index in [9.17, 15) is 19.8 Å². The molecule has 4 rings (SSSR count). The molecule has 8 atom stereocenters. The number of hydrogen-bond donors (Lipinski definition) is 2. The lowest BCUT2D eigenvalue weighted by Crippen LogP contribution is -2.44. The highest BCUT2D eigenvalue weighted by Crippen LogP contribution is 2.44. The zero-order valence-corrected chi connectivity index (χ0v) is 22.0. The Morgan fingerprint density at radius 1 is 1.14 bits per heavy atom. The number of carbonyl (C=O) groups is 2. The highest BCUT2D eigenvalue weighted by molar-refractivity contribution is 5.75. The van der Waals surface area contributed by atoms with Crippen LogP contribution in [0.1, 0.15) is 64.9 Å². The van der Waals surface area contributed by atoms with Gasteiger partial charge in [0.15, 0.2) is 6.10 Å². The third-order valence-electron chi connectivity index (χ3n) is 7.94. The summed E-state index contributed by atoms with van der Waals surface area (Å²) >= 11 is 0. The van der Waals surface area contributed by atoms with Gasteiger partial charge in [-0.15, -0.1) is 0 Å². The summed E-state index contributed by atoms with van der Waals surface area (Å²) in [5, 5.41) is 20.5. The van der Waals surface area contributed by atoms with Crippen LogP contribution in [0, 0.1) is 17.8 Å². The maximum Gasteiger partial charge on any atom is 0.347 e. The first kappa shape index (κ1) is 27.4. The fourth-order valence-corrected chi connectivity index (χ4v) is 5.89. The van der Waals surface area contributed by atoms with Gasteiger partial charge in [0, 0.05) is 18.8 Å². The molecule has 1 aromatic rings. The highest BCUT2D eigenvalue weighted by atomic mass is 16.6. The van der Waals surface area contributed by atoms with Crippen molar-refractivity contribution in [3.8, 4) is 5.75 Å². The maximum atomic E-state index is 13.3. The molecule has 0 spiro atoms. The van der Waals surface area contributed by atoms with Crippen molar-refractivity contribution in [1.82, 2.24) is 0 Å². The number of aliphatic hydroxyl groups is 2. The molecule has 2 aliphatic carbocycles. The summed E-state index contributed by atoms with van der Waals surface area (Å²) in [5.41, 5.74) is 2.17. The summed E-state index contributed by atoms with van der Waals surface area (Å²) in [4.78, 5) is 25.1. The SMILES string of the molecule is CCc1ccc(O[C@@H](CC)C(=O)OC2CC(O)C=C3C=CC(C)C(CC[C@@H]4C[C@@H](O)CC(=O)O4)C32)cc1. The summed E-state index contributed by atoms with van der Waals surface area (Å²) < 4.78 is 17.5. The van der Waals surface area contributed by atoms with Gasteiger partial charge in [-0.25, -0.2) is 4.79 Å². The van der Waals surface area contributed by atoms with Gasteiger partial charge in [0.1, 0.15) is 18.0 Å². The molecule has 0 amide bonds. The summed E-state index contributed by atoms with van der Waals surface area (Å²) in [5.74, 6) is 0.133. The Kier molecular flexibility index (Phi) is 9.08.